The number of benzene rings is 3. The van der Waals surface area contributed by atoms with Gasteiger partial charge in [-0.15, -0.1) is 0 Å². The summed E-state index contributed by atoms with van der Waals surface area (Å²) in [6.07, 6.45) is 0.00144. The molecule has 0 aliphatic rings. The summed E-state index contributed by atoms with van der Waals surface area (Å²) in [6, 6.07) is 19.0. The highest BCUT2D eigenvalue weighted by atomic mass is 32.2. The highest BCUT2D eigenvalue weighted by Crippen LogP contribution is 2.23. The molecular weight excluding hydrogens is 601 g/mol. The number of hydrogen-bond acceptors (Lipinski definition) is 8. The summed E-state index contributed by atoms with van der Waals surface area (Å²) in [5.41, 5.74) is 1.56. The number of carbonyl (C=O) groups is 2. The number of esters is 1. The number of thiazole rings is 1. The van der Waals surface area contributed by atoms with Gasteiger partial charge in [0.15, 0.2) is 4.80 Å². The zero-order chi connectivity index (χ0) is 30.5. The largest absolute Gasteiger partial charge is 0.466 e. The molecule has 0 bridgehead atoms. The van der Waals surface area contributed by atoms with Gasteiger partial charge in [-0.2, -0.15) is 9.30 Å². The zero-order valence-corrected chi connectivity index (χ0v) is 25.4. The van der Waals surface area contributed by atoms with Gasteiger partial charge < -0.3 is 9.30 Å². The summed E-state index contributed by atoms with van der Waals surface area (Å²) >= 11 is 1.06. The van der Waals surface area contributed by atoms with E-state index in [-0.39, 0.29) is 52.8 Å². The Labute approximate surface area is 248 Å². The SMILES string of the molecule is CCOC(=O)CCn1c(=NC(=O)c2ccc(S(=O)(=O)N(CC)Cc3ccccc3)cc2)sc2cc(S(N)(=O)=O)ccc21. The first kappa shape index (κ1) is 31.3. The number of hydrogen-bond donors (Lipinski definition) is 1. The monoisotopic (exact) mass is 630 g/mol. The van der Waals surface area contributed by atoms with Gasteiger partial charge in [-0.1, -0.05) is 48.6 Å². The predicted molar refractivity (Wildman–Crippen MR) is 158 cm³/mol. The van der Waals surface area contributed by atoms with Crippen molar-refractivity contribution in [1.29, 1.82) is 0 Å². The third-order valence-electron chi connectivity index (χ3n) is 6.32. The fourth-order valence-corrected chi connectivity index (χ4v) is 7.34. The first-order chi connectivity index (χ1) is 19.9. The van der Waals surface area contributed by atoms with Crippen LogP contribution in [0.2, 0.25) is 0 Å². The van der Waals surface area contributed by atoms with E-state index in [1.807, 2.05) is 30.3 Å². The number of fused-ring (bicyclic) bond motifs is 1. The Bertz CT molecular complexity index is 1880. The molecule has 42 heavy (non-hydrogen) atoms. The molecule has 0 aliphatic heterocycles. The van der Waals surface area contributed by atoms with Crippen LogP contribution >= 0.6 is 11.3 Å². The van der Waals surface area contributed by atoms with Crippen molar-refractivity contribution >= 4 is 53.5 Å². The number of sulfonamides is 2. The molecule has 0 saturated heterocycles. The summed E-state index contributed by atoms with van der Waals surface area (Å²) in [5.74, 6) is -1.08. The zero-order valence-electron chi connectivity index (χ0n) is 23.0. The maximum atomic E-state index is 13.3. The lowest BCUT2D eigenvalue weighted by Crippen LogP contribution is -2.30. The van der Waals surface area contributed by atoms with Crippen LogP contribution in [0.15, 0.2) is 87.6 Å². The van der Waals surface area contributed by atoms with Crippen LogP contribution in [0.5, 0.6) is 0 Å². The van der Waals surface area contributed by atoms with Gasteiger partial charge in [0.1, 0.15) is 0 Å². The molecule has 0 saturated carbocycles. The van der Waals surface area contributed by atoms with Crippen molar-refractivity contribution in [2.75, 3.05) is 13.2 Å². The van der Waals surface area contributed by atoms with Gasteiger partial charge in [-0.3, -0.25) is 9.59 Å². The Morgan fingerprint density at radius 3 is 2.24 bits per heavy atom. The minimum Gasteiger partial charge on any atom is -0.466 e. The van der Waals surface area contributed by atoms with Gasteiger partial charge in [-0.25, -0.2) is 22.0 Å². The molecule has 4 rings (SSSR count). The van der Waals surface area contributed by atoms with E-state index in [1.54, 1.807) is 18.4 Å². The Balaban J connectivity index is 1.66. The van der Waals surface area contributed by atoms with Crippen molar-refractivity contribution in [2.45, 2.75) is 43.1 Å². The number of carbonyl (C=O) groups excluding carboxylic acids is 2. The number of nitrogens with two attached hydrogens (primary N) is 1. The van der Waals surface area contributed by atoms with Crippen LogP contribution in [0.3, 0.4) is 0 Å². The lowest BCUT2D eigenvalue weighted by Gasteiger charge is -2.20. The van der Waals surface area contributed by atoms with Crippen LogP contribution in [0.25, 0.3) is 10.2 Å². The van der Waals surface area contributed by atoms with E-state index in [2.05, 4.69) is 4.99 Å². The Morgan fingerprint density at radius 2 is 1.62 bits per heavy atom. The summed E-state index contributed by atoms with van der Waals surface area (Å²) in [4.78, 5) is 29.6. The molecule has 3 aromatic carbocycles. The van der Waals surface area contributed by atoms with Crippen LogP contribution in [-0.2, 0) is 42.7 Å². The molecule has 0 aliphatic carbocycles. The standard InChI is InChI=1S/C28H30N4O7S3/c1-3-31(19-20-8-6-5-7-9-20)42(37,38)22-12-10-21(11-13-22)27(34)30-28-32(17-16-26(33)39-4-2)24-15-14-23(41(29,35)36)18-25(24)40-28/h5-15,18H,3-4,16-17,19H2,1-2H3,(H2,29,35,36). The van der Waals surface area contributed by atoms with E-state index < -0.39 is 31.9 Å². The number of aromatic nitrogens is 1. The fourth-order valence-electron chi connectivity index (χ4n) is 4.19. The quantitative estimate of drug-likeness (QED) is 0.249. The van der Waals surface area contributed by atoms with E-state index in [1.165, 1.54) is 46.8 Å². The minimum atomic E-state index is -3.97. The number of primary sulfonamides is 1. The molecular formula is C28H30N4O7S3. The summed E-state index contributed by atoms with van der Waals surface area (Å²) in [5, 5.41) is 5.28. The Morgan fingerprint density at radius 1 is 0.952 bits per heavy atom. The Hall–Kier alpha value is -3.69. The fraction of sp³-hybridized carbons (Fsp3) is 0.250. The Kier molecular flexibility index (Phi) is 9.74. The summed E-state index contributed by atoms with van der Waals surface area (Å²) in [6.45, 7) is 4.27. The molecule has 1 aromatic heterocycles. The number of amides is 1. The third-order valence-corrected chi connectivity index (χ3v) is 10.2. The number of rotatable bonds is 11. The van der Waals surface area contributed by atoms with Crippen molar-refractivity contribution in [3.63, 3.8) is 0 Å². The van der Waals surface area contributed by atoms with E-state index in [0.29, 0.717) is 10.2 Å². The van der Waals surface area contributed by atoms with Gasteiger partial charge in [-0.05, 0) is 55.0 Å². The first-order valence-corrected chi connectivity index (χ1v) is 16.8. The normalized spacial score (nSPS) is 12.6. The summed E-state index contributed by atoms with van der Waals surface area (Å²) in [7, 11) is -7.79. The van der Waals surface area contributed by atoms with Crippen molar-refractivity contribution in [1.82, 2.24) is 8.87 Å². The van der Waals surface area contributed by atoms with Crippen LogP contribution < -0.4 is 9.94 Å². The van der Waals surface area contributed by atoms with Crippen LogP contribution in [0.4, 0.5) is 0 Å². The van der Waals surface area contributed by atoms with Crippen LogP contribution in [0.1, 0.15) is 36.2 Å². The molecule has 222 valence electrons. The lowest BCUT2D eigenvalue weighted by molar-refractivity contribution is -0.143. The average molecular weight is 631 g/mol. The summed E-state index contributed by atoms with van der Waals surface area (Å²) < 4.78 is 58.8. The second kappa shape index (κ2) is 13.1. The smallest absolute Gasteiger partial charge is 0.307 e. The molecule has 0 fully saturated rings. The lowest BCUT2D eigenvalue weighted by atomic mass is 10.2. The molecule has 0 unspecified atom stereocenters. The molecule has 1 amide bonds. The highest BCUT2D eigenvalue weighted by molar-refractivity contribution is 7.89. The maximum absolute atomic E-state index is 13.3. The average Bonchev–Trinajstić information content (AvgIpc) is 3.31. The highest BCUT2D eigenvalue weighted by Gasteiger charge is 2.23. The second-order valence-electron chi connectivity index (χ2n) is 9.12. The topological polar surface area (TPSA) is 158 Å². The van der Waals surface area contributed by atoms with E-state index in [9.17, 15) is 26.4 Å². The van der Waals surface area contributed by atoms with Crippen LogP contribution in [0, 0.1) is 0 Å². The van der Waals surface area contributed by atoms with Crippen molar-refractivity contribution < 1.29 is 31.2 Å². The predicted octanol–water partition coefficient (Wildman–Crippen LogP) is 3.26. The van der Waals surface area contributed by atoms with Gasteiger partial charge >= 0.3 is 5.97 Å². The van der Waals surface area contributed by atoms with Gasteiger partial charge in [0.25, 0.3) is 5.91 Å². The molecule has 0 atom stereocenters. The van der Waals surface area contributed by atoms with Crippen molar-refractivity contribution in [3.05, 3.63) is 88.7 Å². The molecule has 14 heteroatoms. The van der Waals surface area contributed by atoms with E-state index in [0.717, 1.165) is 16.9 Å². The number of aryl methyl sites for hydroxylation is 1. The van der Waals surface area contributed by atoms with Crippen LogP contribution in [-0.4, -0.2) is 50.7 Å². The number of nitrogens with zero attached hydrogens (tertiary/aromatic N) is 3. The molecule has 2 N–H and O–H groups in total. The molecule has 4 aromatic rings. The minimum absolute atomic E-state index is 0.00144. The second-order valence-corrected chi connectivity index (χ2v) is 13.6. The molecule has 0 spiro atoms. The van der Waals surface area contributed by atoms with Crippen molar-refractivity contribution in [3.8, 4) is 0 Å². The third kappa shape index (κ3) is 7.20. The van der Waals surface area contributed by atoms with Gasteiger partial charge in [0.2, 0.25) is 20.0 Å². The number of ether oxygens (including phenoxy) is 1. The van der Waals surface area contributed by atoms with E-state index >= 15 is 0 Å². The van der Waals surface area contributed by atoms with E-state index in [4.69, 9.17) is 9.88 Å². The molecule has 0 radical (unpaired) electrons. The molecule has 11 nitrogen and oxygen atoms in total. The maximum Gasteiger partial charge on any atom is 0.307 e. The first-order valence-electron chi connectivity index (χ1n) is 13.0. The van der Waals surface area contributed by atoms with Crippen molar-refractivity contribution in [2.24, 2.45) is 10.1 Å². The van der Waals surface area contributed by atoms with Gasteiger partial charge in [0.05, 0.1) is 33.0 Å². The molecule has 1 heterocycles. The van der Waals surface area contributed by atoms with Gasteiger partial charge in [0, 0.05) is 25.2 Å².